The molecule has 0 aliphatic carbocycles. The second-order valence-electron chi connectivity index (χ2n) is 6.55. The Morgan fingerprint density at radius 3 is 2.74 bits per heavy atom. The van der Waals surface area contributed by atoms with Gasteiger partial charge in [-0.15, -0.1) is 0 Å². The smallest absolute Gasteiger partial charge is 0.337 e. The van der Waals surface area contributed by atoms with E-state index in [1.54, 1.807) is 12.1 Å². The minimum absolute atomic E-state index is 0.144. The predicted molar refractivity (Wildman–Crippen MR) is 80.8 cm³/mol. The molecular weight excluding hydrogens is 305 g/mol. The molecule has 2 atom stereocenters. The first kappa shape index (κ1) is 16.3. The van der Waals surface area contributed by atoms with Crippen molar-refractivity contribution in [2.45, 2.75) is 51.0 Å². The van der Waals surface area contributed by atoms with Crippen molar-refractivity contribution < 1.29 is 18.0 Å². The molecule has 3 nitrogen and oxygen atoms in total. The topological polar surface area (TPSA) is 23.6 Å². The summed E-state index contributed by atoms with van der Waals surface area (Å²) >= 11 is 0. The van der Waals surface area contributed by atoms with Gasteiger partial charge in [0.1, 0.15) is 0 Å². The van der Waals surface area contributed by atoms with E-state index in [0.717, 1.165) is 31.5 Å². The molecule has 0 aromatic heterocycles. The highest BCUT2D eigenvalue weighted by molar-refractivity contribution is 5.83. The van der Waals surface area contributed by atoms with Gasteiger partial charge in [0.05, 0.1) is 12.5 Å². The molecule has 0 saturated carbocycles. The summed E-state index contributed by atoms with van der Waals surface area (Å²) in [6, 6.07) is 6.65. The summed E-state index contributed by atoms with van der Waals surface area (Å²) in [6.45, 7) is 4.04. The van der Waals surface area contributed by atoms with Crippen molar-refractivity contribution in [3.63, 3.8) is 0 Å². The summed E-state index contributed by atoms with van der Waals surface area (Å²) in [6.07, 6.45) is -3.05. The zero-order valence-corrected chi connectivity index (χ0v) is 13.1. The number of carbonyl (C=O) groups is 1. The van der Waals surface area contributed by atoms with Crippen LogP contribution >= 0.6 is 0 Å². The van der Waals surface area contributed by atoms with Gasteiger partial charge in [0.2, 0.25) is 5.91 Å². The summed E-state index contributed by atoms with van der Waals surface area (Å²) in [5, 5.41) is 0. The highest BCUT2D eigenvalue weighted by Gasteiger charge is 2.40. The molecule has 0 radical (unpaired) electrons. The van der Waals surface area contributed by atoms with Crippen LogP contribution < -0.4 is 0 Å². The molecule has 1 aromatic carbocycles. The molecule has 0 bridgehead atoms. The van der Waals surface area contributed by atoms with E-state index in [1.165, 1.54) is 6.07 Å². The highest BCUT2D eigenvalue weighted by atomic mass is 19.4. The minimum atomic E-state index is -4.20. The molecule has 6 heteroatoms. The largest absolute Gasteiger partial charge is 0.393 e. The Morgan fingerprint density at radius 2 is 2.00 bits per heavy atom. The van der Waals surface area contributed by atoms with E-state index < -0.39 is 12.6 Å². The lowest BCUT2D eigenvalue weighted by Crippen LogP contribution is -2.58. The Morgan fingerprint density at radius 1 is 1.26 bits per heavy atom. The van der Waals surface area contributed by atoms with E-state index in [9.17, 15) is 18.0 Å². The fraction of sp³-hybridized carbons (Fsp3) is 0.588. The third-order valence-electron chi connectivity index (χ3n) is 4.79. The maximum atomic E-state index is 12.5. The van der Waals surface area contributed by atoms with Crippen molar-refractivity contribution in [2.75, 3.05) is 13.1 Å². The van der Waals surface area contributed by atoms with Crippen LogP contribution in [-0.4, -0.2) is 47.1 Å². The van der Waals surface area contributed by atoms with Crippen molar-refractivity contribution in [2.24, 2.45) is 0 Å². The second-order valence-corrected chi connectivity index (χ2v) is 6.55. The highest BCUT2D eigenvalue weighted by Crippen LogP contribution is 2.27. The average Bonchev–Trinajstić information content (AvgIpc) is 2.91. The van der Waals surface area contributed by atoms with Crippen LogP contribution in [0.1, 0.15) is 30.9 Å². The molecule has 2 heterocycles. The Bertz CT molecular complexity index is 587. The van der Waals surface area contributed by atoms with Gasteiger partial charge in [-0.2, -0.15) is 13.2 Å². The molecule has 3 rings (SSSR count). The Hall–Kier alpha value is -1.56. The van der Waals surface area contributed by atoms with Crippen molar-refractivity contribution in [1.29, 1.82) is 0 Å². The molecule has 0 spiro atoms. The first-order valence-electron chi connectivity index (χ1n) is 8.02. The number of alkyl halides is 3. The number of hydrogen-bond donors (Lipinski definition) is 0. The van der Waals surface area contributed by atoms with Crippen molar-refractivity contribution >= 4 is 5.91 Å². The fourth-order valence-corrected chi connectivity index (χ4v) is 3.65. The standard InChI is InChI=1S/C17H21F3N2O/c1-12-16(23)22-7-3-6-15(22)11-21(12)10-14-5-2-4-13(8-14)9-17(18,19)20/h2,4-5,8,12,15H,3,6-7,9-11H2,1H3/t12-,15-/m0/s1. The molecule has 23 heavy (non-hydrogen) atoms. The third kappa shape index (κ3) is 3.68. The van der Waals surface area contributed by atoms with Crippen LogP contribution in [0.3, 0.4) is 0 Å². The first-order valence-corrected chi connectivity index (χ1v) is 8.02. The van der Waals surface area contributed by atoms with Crippen LogP contribution in [0.15, 0.2) is 24.3 Å². The lowest BCUT2D eigenvalue weighted by Gasteiger charge is -2.41. The van der Waals surface area contributed by atoms with E-state index in [2.05, 4.69) is 4.90 Å². The zero-order chi connectivity index (χ0) is 16.6. The van der Waals surface area contributed by atoms with Crippen LogP contribution in [0.5, 0.6) is 0 Å². The third-order valence-corrected chi connectivity index (χ3v) is 4.79. The van der Waals surface area contributed by atoms with Gasteiger partial charge in [0, 0.05) is 25.7 Å². The number of fused-ring (bicyclic) bond motifs is 1. The summed E-state index contributed by atoms with van der Waals surface area (Å²) in [4.78, 5) is 16.4. The van der Waals surface area contributed by atoms with Crippen LogP contribution in [0.4, 0.5) is 13.2 Å². The van der Waals surface area contributed by atoms with E-state index in [0.29, 0.717) is 6.54 Å². The number of rotatable bonds is 3. The SMILES string of the molecule is C[C@H]1C(=O)N2CCC[C@H]2CN1Cc1cccc(CC(F)(F)F)c1. The molecule has 0 N–H and O–H groups in total. The number of hydrogen-bond acceptors (Lipinski definition) is 2. The molecule has 2 aliphatic rings. The van der Waals surface area contributed by atoms with Gasteiger partial charge in [-0.3, -0.25) is 9.69 Å². The molecular formula is C17H21F3N2O. The maximum absolute atomic E-state index is 12.5. The van der Waals surface area contributed by atoms with E-state index >= 15 is 0 Å². The van der Waals surface area contributed by atoms with Crippen molar-refractivity contribution in [3.05, 3.63) is 35.4 Å². The maximum Gasteiger partial charge on any atom is 0.393 e. The molecule has 126 valence electrons. The van der Waals surface area contributed by atoms with Crippen LogP contribution in [0.25, 0.3) is 0 Å². The Kier molecular flexibility index (Phi) is 4.36. The van der Waals surface area contributed by atoms with E-state index in [4.69, 9.17) is 0 Å². The zero-order valence-electron chi connectivity index (χ0n) is 13.1. The van der Waals surface area contributed by atoms with E-state index in [-0.39, 0.29) is 23.6 Å². The number of carbonyl (C=O) groups excluding carboxylic acids is 1. The molecule has 1 aromatic rings. The molecule has 1 amide bonds. The van der Waals surface area contributed by atoms with Gasteiger partial charge in [-0.1, -0.05) is 24.3 Å². The van der Waals surface area contributed by atoms with Crippen LogP contribution in [0, 0.1) is 0 Å². The van der Waals surface area contributed by atoms with Gasteiger partial charge in [-0.05, 0) is 30.9 Å². The molecule has 2 saturated heterocycles. The van der Waals surface area contributed by atoms with Gasteiger partial charge >= 0.3 is 6.18 Å². The second kappa shape index (κ2) is 6.15. The lowest BCUT2D eigenvalue weighted by atomic mass is 10.0. The van der Waals surface area contributed by atoms with Gasteiger partial charge in [-0.25, -0.2) is 0 Å². The predicted octanol–water partition coefficient (Wildman–Crippen LogP) is 2.99. The van der Waals surface area contributed by atoms with Crippen molar-refractivity contribution in [1.82, 2.24) is 9.80 Å². The molecule has 2 aliphatic heterocycles. The van der Waals surface area contributed by atoms with Gasteiger partial charge in [0.25, 0.3) is 0 Å². The summed E-state index contributed by atoms with van der Waals surface area (Å²) in [7, 11) is 0. The molecule has 2 fully saturated rings. The normalized spacial score (nSPS) is 25.7. The van der Waals surface area contributed by atoms with Crippen molar-refractivity contribution in [3.8, 4) is 0 Å². The van der Waals surface area contributed by atoms with Crippen LogP contribution in [-0.2, 0) is 17.8 Å². The lowest BCUT2D eigenvalue weighted by molar-refractivity contribution is -0.143. The Balaban J connectivity index is 1.71. The first-order chi connectivity index (χ1) is 10.8. The number of benzene rings is 1. The van der Waals surface area contributed by atoms with Crippen LogP contribution in [0.2, 0.25) is 0 Å². The monoisotopic (exact) mass is 326 g/mol. The number of amides is 1. The number of nitrogens with zero attached hydrogens (tertiary/aromatic N) is 2. The summed E-state index contributed by atoms with van der Waals surface area (Å²) < 4.78 is 37.6. The average molecular weight is 326 g/mol. The quantitative estimate of drug-likeness (QED) is 0.852. The van der Waals surface area contributed by atoms with Gasteiger partial charge < -0.3 is 4.90 Å². The summed E-state index contributed by atoms with van der Waals surface area (Å²) in [5.74, 6) is 0.144. The van der Waals surface area contributed by atoms with E-state index in [1.807, 2.05) is 17.9 Å². The minimum Gasteiger partial charge on any atom is -0.337 e. The fourth-order valence-electron chi connectivity index (χ4n) is 3.65. The molecule has 0 unspecified atom stereocenters. The number of piperazine rings is 1. The Labute approximate surface area is 134 Å². The van der Waals surface area contributed by atoms with Gasteiger partial charge in [0.15, 0.2) is 0 Å². The number of halogens is 3. The summed E-state index contributed by atoms with van der Waals surface area (Å²) in [5.41, 5.74) is 1.10.